The zero-order chi connectivity index (χ0) is 15.7. The predicted octanol–water partition coefficient (Wildman–Crippen LogP) is 0.646. The molecule has 0 radical (unpaired) electrons. The van der Waals surface area contributed by atoms with E-state index in [1.54, 1.807) is 0 Å². The molecule has 0 spiro atoms. The highest BCUT2D eigenvalue weighted by Crippen LogP contribution is 2.26. The van der Waals surface area contributed by atoms with Crippen LogP contribution in [0.2, 0.25) is 0 Å². The van der Waals surface area contributed by atoms with Gasteiger partial charge in [0.15, 0.2) is 0 Å². The van der Waals surface area contributed by atoms with E-state index in [4.69, 9.17) is 11.5 Å². The zero-order valence-electron chi connectivity index (χ0n) is 12.9. The average Bonchev–Trinajstić information content (AvgIpc) is 2.54. The molecule has 0 aromatic heterocycles. The Kier molecular flexibility index (Phi) is 4.49. The third-order valence-electron chi connectivity index (χ3n) is 5.15. The molecule has 6 N–H and O–H groups in total. The van der Waals surface area contributed by atoms with Crippen molar-refractivity contribution >= 4 is 11.4 Å². The summed E-state index contributed by atoms with van der Waals surface area (Å²) in [5.74, 6) is 0. The number of anilines is 2. The van der Waals surface area contributed by atoms with Crippen molar-refractivity contribution in [2.24, 2.45) is 11.5 Å². The lowest BCUT2D eigenvalue weighted by atomic mass is 9.90. The van der Waals surface area contributed by atoms with Gasteiger partial charge in [-0.05, 0) is 51.4 Å². The minimum absolute atomic E-state index is 0.253. The molecule has 0 unspecified atom stereocenters. The Balaban J connectivity index is 1.62. The highest BCUT2D eigenvalue weighted by atomic mass is 16.2. The lowest BCUT2D eigenvalue weighted by Crippen LogP contribution is -2.43. The Morgan fingerprint density at radius 1 is 0.636 bits per heavy atom. The van der Waals surface area contributed by atoms with E-state index in [0.29, 0.717) is 11.4 Å². The van der Waals surface area contributed by atoms with E-state index in [1.807, 2.05) is 0 Å². The molecule has 2 fully saturated rings. The molecule has 6 nitrogen and oxygen atoms in total. The van der Waals surface area contributed by atoms with Crippen LogP contribution >= 0.6 is 0 Å². The molecule has 2 aliphatic rings. The van der Waals surface area contributed by atoms with Crippen molar-refractivity contribution in [1.82, 2.24) is 0 Å². The summed E-state index contributed by atoms with van der Waals surface area (Å²) < 4.78 is 0. The molecule has 0 saturated heterocycles. The molecule has 0 atom stereocenters. The topological polar surface area (TPSA) is 110 Å². The van der Waals surface area contributed by atoms with E-state index in [1.165, 1.54) is 0 Å². The van der Waals surface area contributed by atoms with Gasteiger partial charge >= 0.3 is 0 Å². The number of rotatable bonds is 4. The van der Waals surface area contributed by atoms with Gasteiger partial charge in [0.2, 0.25) is 0 Å². The van der Waals surface area contributed by atoms with Crippen molar-refractivity contribution in [3.63, 3.8) is 0 Å². The van der Waals surface area contributed by atoms with Gasteiger partial charge in [-0.1, -0.05) is 0 Å². The molecule has 1 aromatic carbocycles. The van der Waals surface area contributed by atoms with Gasteiger partial charge in [-0.2, -0.15) is 0 Å². The summed E-state index contributed by atoms with van der Waals surface area (Å²) in [4.78, 5) is 23.7. The fourth-order valence-corrected chi connectivity index (χ4v) is 3.60. The van der Waals surface area contributed by atoms with Crippen LogP contribution in [-0.4, -0.2) is 24.2 Å². The quantitative estimate of drug-likeness (QED) is 0.608. The molecule has 22 heavy (non-hydrogen) atoms. The van der Waals surface area contributed by atoms with Crippen molar-refractivity contribution < 1.29 is 0 Å². The smallest absolute Gasteiger partial charge is 0.253 e. The van der Waals surface area contributed by atoms with Crippen LogP contribution in [0.3, 0.4) is 0 Å². The highest BCUT2D eigenvalue weighted by molar-refractivity contribution is 5.74. The molecule has 2 saturated carbocycles. The number of nitrogens with one attached hydrogen (secondary N) is 2. The lowest BCUT2D eigenvalue weighted by Gasteiger charge is -2.31. The minimum Gasteiger partial charge on any atom is -0.377 e. The van der Waals surface area contributed by atoms with Gasteiger partial charge in [0.05, 0.1) is 0 Å². The maximum Gasteiger partial charge on any atom is 0.253 e. The second kappa shape index (κ2) is 6.38. The van der Waals surface area contributed by atoms with Crippen LogP contribution < -0.4 is 33.0 Å². The summed E-state index contributed by atoms with van der Waals surface area (Å²) >= 11 is 0. The van der Waals surface area contributed by atoms with Crippen molar-refractivity contribution in [1.29, 1.82) is 0 Å². The van der Waals surface area contributed by atoms with Crippen LogP contribution in [-0.2, 0) is 0 Å². The van der Waals surface area contributed by atoms with E-state index >= 15 is 0 Å². The second-order valence-corrected chi connectivity index (χ2v) is 6.92. The van der Waals surface area contributed by atoms with Crippen LogP contribution in [0, 0.1) is 0 Å². The Morgan fingerprint density at radius 3 is 1.27 bits per heavy atom. The molecular formula is C16H26N4O2. The van der Waals surface area contributed by atoms with E-state index in [9.17, 15) is 9.59 Å². The van der Waals surface area contributed by atoms with Gasteiger partial charge in [-0.15, -0.1) is 0 Å². The fraction of sp³-hybridized carbons (Fsp3) is 0.750. The standard InChI is InChI=1S/C16H26N4O2/c17-9-1-5-11(6-2-9)19-13-14(16(22)15(13)21)20-12-7-3-10(18)4-8-12/h9-12,19-20H,1-8,17-18H2. The first-order valence-corrected chi connectivity index (χ1v) is 8.42. The first kappa shape index (κ1) is 15.5. The molecule has 6 heteroatoms. The maximum absolute atomic E-state index is 11.8. The van der Waals surface area contributed by atoms with Gasteiger partial charge in [-0.25, -0.2) is 0 Å². The fourth-order valence-electron chi connectivity index (χ4n) is 3.60. The monoisotopic (exact) mass is 306 g/mol. The number of hydrogen-bond donors (Lipinski definition) is 4. The summed E-state index contributed by atoms with van der Waals surface area (Å²) in [5.41, 5.74) is 12.0. The Bertz CT molecular complexity index is 525. The maximum atomic E-state index is 11.8. The molecule has 0 aliphatic heterocycles. The van der Waals surface area contributed by atoms with Crippen molar-refractivity contribution in [2.75, 3.05) is 10.6 Å². The van der Waals surface area contributed by atoms with Crippen LogP contribution in [0.1, 0.15) is 51.4 Å². The third-order valence-corrected chi connectivity index (χ3v) is 5.15. The van der Waals surface area contributed by atoms with E-state index < -0.39 is 0 Å². The van der Waals surface area contributed by atoms with Gasteiger partial charge in [0.25, 0.3) is 10.9 Å². The second-order valence-electron chi connectivity index (χ2n) is 6.92. The number of nitrogens with two attached hydrogens (primary N) is 2. The normalized spacial score (nSPS) is 32.8. The lowest BCUT2D eigenvalue weighted by molar-refractivity contribution is 0.408. The summed E-state index contributed by atoms with van der Waals surface area (Å²) in [6.45, 7) is 0. The van der Waals surface area contributed by atoms with Crippen LogP contribution in [0.5, 0.6) is 0 Å². The van der Waals surface area contributed by atoms with Gasteiger partial charge in [0, 0.05) is 24.2 Å². The zero-order valence-corrected chi connectivity index (χ0v) is 12.9. The third kappa shape index (κ3) is 3.17. The molecule has 0 heterocycles. The molecule has 0 amide bonds. The van der Waals surface area contributed by atoms with Crippen molar-refractivity contribution in [3.8, 4) is 0 Å². The molecule has 1 aromatic rings. The Morgan fingerprint density at radius 2 is 0.955 bits per heavy atom. The van der Waals surface area contributed by atoms with Crippen LogP contribution in [0.25, 0.3) is 0 Å². The minimum atomic E-state index is -0.384. The van der Waals surface area contributed by atoms with E-state index in [-0.39, 0.29) is 35.0 Å². The first-order chi connectivity index (χ1) is 10.5. The predicted molar refractivity (Wildman–Crippen MR) is 89.1 cm³/mol. The molecule has 3 rings (SSSR count). The summed E-state index contributed by atoms with van der Waals surface area (Å²) in [6, 6.07) is 1.05. The molecular weight excluding hydrogens is 280 g/mol. The molecule has 0 bridgehead atoms. The Labute approximate surface area is 130 Å². The largest absolute Gasteiger partial charge is 0.377 e. The number of hydrogen-bond acceptors (Lipinski definition) is 6. The molecule has 2 aliphatic carbocycles. The Hall–Kier alpha value is -1.40. The van der Waals surface area contributed by atoms with Gasteiger partial charge in [-0.3, -0.25) is 9.59 Å². The van der Waals surface area contributed by atoms with E-state index in [2.05, 4.69) is 10.6 Å². The van der Waals surface area contributed by atoms with Gasteiger partial charge in [0.1, 0.15) is 11.4 Å². The molecule has 122 valence electrons. The van der Waals surface area contributed by atoms with Crippen LogP contribution in [0.4, 0.5) is 11.4 Å². The van der Waals surface area contributed by atoms with Crippen molar-refractivity contribution in [3.05, 3.63) is 20.4 Å². The van der Waals surface area contributed by atoms with Crippen LogP contribution in [0.15, 0.2) is 9.59 Å². The average molecular weight is 306 g/mol. The van der Waals surface area contributed by atoms with Crippen molar-refractivity contribution in [2.45, 2.75) is 75.5 Å². The van der Waals surface area contributed by atoms with Gasteiger partial charge < -0.3 is 22.1 Å². The summed E-state index contributed by atoms with van der Waals surface area (Å²) in [7, 11) is 0. The van der Waals surface area contributed by atoms with E-state index in [0.717, 1.165) is 51.4 Å². The first-order valence-electron chi connectivity index (χ1n) is 8.42. The summed E-state index contributed by atoms with van der Waals surface area (Å²) in [6.07, 6.45) is 7.70. The highest BCUT2D eigenvalue weighted by Gasteiger charge is 2.28. The SMILES string of the molecule is NC1CCC(Nc2c(NC3CCC(N)CC3)c(=O)c2=O)CC1. The summed E-state index contributed by atoms with van der Waals surface area (Å²) in [5, 5.41) is 6.54.